The van der Waals surface area contributed by atoms with Gasteiger partial charge >= 0.3 is 51.4 Å². The molecule has 0 saturated carbocycles. The topological polar surface area (TPSA) is 49.3 Å². The smallest absolute Gasteiger partial charge is 0.484 e. The van der Waals surface area contributed by atoms with E-state index >= 15 is 0 Å². The van der Waals surface area contributed by atoms with Crippen molar-refractivity contribution < 1.29 is 61.3 Å². The Morgan fingerprint density at radius 2 is 2.15 bits per heavy atom. The van der Waals surface area contributed by atoms with Gasteiger partial charge in [0.1, 0.15) is 0 Å². The van der Waals surface area contributed by atoms with E-state index in [2.05, 4.69) is 36.0 Å². The number of carbonyl (C=O) groups excluding carboxylic acids is 1. The van der Waals surface area contributed by atoms with Crippen LogP contribution in [0.3, 0.4) is 0 Å². The number of aliphatic hydroxyl groups is 1. The molecular formula is C14H12KNO2S2-2. The van der Waals surface area contributed by atoms with Gasteiger partial charge in [-0.1, -0.05) is 47.1 Å². The maximum Gasteiger partial charge on any atom is 1.00 e. The number of aliphatic hydroxyl groups excluding tert-OH is 1. The third-order valence-corrected chi connectivity index (χ3v) is 3.08. The molecule has 6 heteroatoms. The van der Waals surface area contributed by atoms with Gasteiger partial charge in [0.05, 0.1) is 5.91 Å². The minimum atomic E-state index is -0.315. The maximum atomic E-state index is 11.1. The third-order valence-electron chi connectivity index (χ3n) is 2.01. The van der Waals surface area contributed by atoms with E-state index in [0.29, 0.717) is 0 Å². The number of nitrogens with one attached hydrogen (secondary N) is 1. The van der Waals surface area contributed by atoms with Crippen LogP contribution in [0.5, 0.6) is 0 Å². The summed E-state index contributed by atoms with van der Waals surface area (Å²) in [5.74, 6) is -0.315. The number of thiophene rings is 1. The van der Waals surface area contributed by atoms with Gasteiger partial charge in [-0.05, 0) is 4.70 Å². The Morgan fingerprint density at radius 1 is 1.50 bits per heavy atom. The van der Waals surface area contributed by atoms with Crippen molar-refractivity contribution in [3.05, 3.63) is 54.3 Å². The Bertz CT molecular complexity index is 581. The fraction of sp³-hybridized carbons (Fsp3) is 0.0714. The van der Waals surface area contributed by atoms with Gasteiger partial charge in [-0.15, -0.1) is 17.7 Å². The fourth-order valence-corrected chi connectivity index (χ4v) is 2.32. The fourth-order valence-electron chi connectivity index (χ4n) is 1.32. The van der Waals surface area contributed by atoms with Crippen LogP contribution in [0.25, 0.3) is 10.1 Å². The summed E-state index contributed by atoms with van der Waals surface area (Å²) in [6.07, 6.45) is 4.27. The molecule has 1 heterocycles. The number of thiocarbonyl (C=S) groups is 1. The molecule has 1 amide bonds. The molecule has 0 atom stereocenters. The van der Waals surface area contributed by atoms with Crippen molar-refractivity contribution in [2.24, 2.45) is 0 Å². The number of hydrogen-bond donors (Lipinski definition) is 2. The quantitative estimate of drug-likeness (QED) is 0.259. The van der Waals surface area contributed by atoms with E-state index < -0.39 is 0 Å². The third kappa shape index (κ3) is 6.69. The summed E-state index contributed by atoms with van der Waals surface area (Å²) >= 11 is 6.02. The molecule has 1 aromatic carbocycles. The molecule has 0 aliphatic heterocycles. The molecule has 100 valence electrons. The molecule has 2 N–H and O–H groups in total. The summed E-state index contributed by atoms with van der Waals surface area (Å²) in [5, 5.41) is 12.8. The van der Waals surface area contributed by atoms with Crippen LogP contribution in [0.1, 0.15) is 5.56 Å². The molecule has 0 spiro atoms. The Balaban J connectivity index is 0.000000830. The molecule has 2 rings (SSSR count). The van der Waals surface area contributed by atoms with Crippen LogP contribution in [-0.2, 0) is 4.79 Å². The van der Waals surface area contributed by atoms with Crippen LogP contribution in [0.15, 0.2) is 35.7 Å². The number of rotatable bonds is 3. The number of hydrogen-bond acceptors (Lipinski definition) is 4. The second kappa shape index (κ2) is 11.7. The molecule has 0 saturated heterocycles. The van der Waals surface area contributed by atoms with Crippen LogP contribution in [0.4, 0.5) is 0 Å². The Kier molecular flexibility index (Phi) is 11.8. The first-order chi connectivity index (χ1) is 9.22. The molecule has 3 nitrogen and oxygen atoms in total. The zero-order chi connectivity index (χ0) is 14.1. The van der Waals surface area contributed by atoms with Crippen molar-refractivity contribution in [1.29, 1.82) is 0 Å². The summed E-state index contributed by atoms with van der Waals surface area (Å²) in [5.41, 5.74) is 3.07. The first-order valence-corrected chi connectivity index (χ1v) is 6.65. The monoisotopic (exact) mass is 329 g/mol. The first kappa shape index (κ1) is 20.1. The van der Waals surface area contributed by atoms with Gasteiger partial charge in [0.2, 0.25) is 0 Å². The van der Waals surface area contributed by atoms with Crippen molar-refractivity contribution in [1.82, 2.24) is 5.32 Å². The van der Waals surface area contributed by atoms with Crippen molar-refractivity contribution in [3.8, 4) is 0 Å². The van der Waals surface area contributed by atoms with Gasteiger partial charge in [-0.3, -0.25) is 0 Å². The Labute approximate surface area is 170 Å². The second-order valence-corrected chi connectivity index (χ2v) is 4.36. The van der Waals surface area contributed by atoms with Gasteiger partial charge in [0, 0.05) is 0 Å². The molecule has 0 aliphatic rings. The van der Waals surface area contributed by atoms with Crippen LogP contribution in [-0.4, -0.2) is 23.1 Å². The summed E-state index contributed by atoms with van der Waals surface area (Å²) in [6.45, 7) is 3.04. The van der Waals surface area contributed by atoms with Gasteiger partial charge in [0.25, 0.3) is 0 Å². The van der Waals surface area contributed by atoms with E-state index in [4.69, 9.17) is 5.11 Å². The van der Waals surface area contributed by atoms with Gasteiger partial charge in [-0.2, -0.15) is 0 Å². The molecule has 1 aromatic heterocycles. The van der Waals surface area contributed by atoms with Gasteiger partial charge < -0.3 is 22.1 Å². The zero-order valence-corrected chi connectivity index (χ0v) is 15.8. The summed E-state index contributed by atoms with van der Waals surface area (Å²) < 4.78 is 1.18. The molecule has 2 aromatic rings. The molecule has 0 radical (unpaired) electrons. The number of amides is 1. The Hall–Kier alpha value is 0.0764. The van der Waals surface area contributed by atoms with Crippen molar-refractivity contribution in [2.45, 2.75) is 0 Å². The van der Waals surface area contributed by atoms with Crippen molar-refractivity contribution >= 4 is 45.0 Å². The van der Waals surface area contributed by atoms with Crippen LogP contribution in [0.2, 0.25) is 0 Å². The predicted molar refractivity (Wildman–Crippen MR) is 81.9 cm³/mol. The molecule has 0 fully saturated rings. The number of fused-ring (bicyclic) bond motifs is 1. The summed E-state index contributed by atoms with van der Waals surface area (Å²) in [6, 6.07) is 7.99. The van der Waals surface area contributed by atoms with E-state index in [0.717, 1.165) is 10.9 Å². The van der Waals surface area contributed by atoms with E-state index in [9.17, 15) is 4.79 Å². The number of carbonyl (C=O) groups is 1. The zero-order valence-electron chi connectivity index (χ0n) is 11.1. The van der Waals surface area contributed by atoms with Gasteiger partial charge in [0.15, 0.2) is 0 Å². The number of benzene rings is 1. The minimum Gasteiger partial charge on any atom is -0.484 e. The molecule has 0 aliphatic carbocycles. The normalized spacial score (nSPS) is 9.50. The van der Waals surface area contributed by atoms with Crippen LogP contribution < -0.4 is 56.7 Å². The second-order valence-electron chi connectivity index (χ2n) is 3.25. The average molecular weight is 329 g/mol. The first-order valence-electron chi connectivity index (χ1n) is 5.36. The van der Waals surface area contributed by atoms with Crippen LogP contribution >= 0.6 is 23.6 Å². The van der Waals surface area contributed by atoms with Gasteiger partial charge in [-0.25, -0.2) is 23.6 Å². The van der Waals surface area contributed by atoms with E-state index in [1.807, 2.05) is 29.6 Å². The van der Waals surface area contributed by atoms with E-state index in [1.165, 1.54) is 10.8 Å². The summed E-state index contributed by atoms with van der Waals surface area (Å²) in [7, 11) is 0. The predicted octanol–water partition coefficient (Wildman–Crippen LogP) is -0.624. The maximum absolute atomic E-state index is 11.1. The largest absolute Gasteiger partial charge is 1.00 e. The standard InChI is InChI=1S/C12H7NOS2.C2H5O.K/c14-12(13-8-15)6-5-9-7-16-11-4-2-1-3-10(9)11;1-2-3;/h1-4,6-7H,(H,13,14,15);3H,1-2H2;/q-2;-1;+1. The molecule has 0 bridgehead atoms. The average Bonchev–Trinajstić information content (AvgIpc) is 2.81. The Morgan fingerprint density at radius 3 is 2.80 bits per heavy atom. The minimum absolute atomic E-state index is 0. The van der Waals surface area contributed by atoms with Crippen molar-refractivity contribution in [2.75, 3.05) is 6.61 Å². The van der Waals surface area contributed by atoms with E-state index in [-0.39, 0.29) is 63.9 Å². The van der Waals surface area contributed by atoms with Crippen molar-refractivity contribution in [3.63, 3.8) is 0 Å². The molecule has 0 unspecified atom stereocenters. The molecule has 20 heavy (non-hydrogen) atoms. The van der Waals surface area contributed by atoms with E-state index in [1.54, 1.807) is 11.3 Å². The molecular weight excluding hydrogens is 317 g/mol. The SMILES string of the molecule is O=C(C=[C-]c1csc2ccccc12)N[C-]=S.[CH2-]CO.[K+]. The van der Waals surface area contributed by atoms with Crippen LogP contribution in [0, 0.1) is 13.0 Å². The summed E-state index contributed by atoms with van der Waals surface area (Å²) in [4.78, 5) is 11.1.